The van der Waals surface area contributed by atoms with E-state index < -0.39 is 0 Å². The molecule has 18 heavy (non-hydrogen) atoms. The zero-order valence-corrected chi connectivity index (χ0v) is 11.5. The molecule has 1 aromatic heterocycles. The number of rotatable bonds is 4. The highest BCUT2D eigenvalue weighted by Crippen LogP contribution is 2.23. The number of anilines is 1. The summed E-state index contributed by atoms with van der Waals surface area (Å²) in [6.45, 7) is 5.11. The third-order valence-corrected chi connectivity index (χ3v) is 3.24. The first-order chi connectivity index (χ1) is 8.43. The second-order valence-electron chi connectivity index (χ2n) is 5.71. The Labute approximate surface area is 108 Å². The van der Waals surface area contributed by atoms with Gasteiger partial charge in [-0.3, -0.25) is 0 Å². The Morgan fingerprint density at radius 3 is 2.78 bits per heavy atom. The van der Waals surface area contributed by atoms with Crippen molar-refractivity contribution in [2.45, 2.75) is 13.8 Å². The van der Waals surface area contributed by atoms with Gasteiger partial charge in [-0.25, -0.2) is 4.98 Å². The molecule has 2 aromatic rings. The van der Waals surface area contributed by atoms with Crippen LogP contribution in [-0.2, 0) is 7.05 Å². The van der Waals surface area contributed by atoms with Gasteiger partial charge in [0, 0.05) is 38.3 Å². The van der Waals surface area contributed by atoms with Crippen LogP contribution in [0, 0.1) is 5.41 Å². The molecule has 2 rings (SSSR count). The van der Waals surface area contributed by atoms with E-state index in [9.17, 15) is 5.11 Å². The fourth-order valence-corrected chi connectivity index (χ4v) is 2.15. The average molecular weight is 247 g/mol. The molecule has 0 fully saturated rings. The smallest absolute Gasteiger partial charge is 0.0955 e. The van der Waals surface area contributed by atoms with Crippen molar-refractivity contribution >= 4 is 16.7 Å². The molecule has 0 saturated heterocycles. The van der Waals surface area contributed by atoms with Crippen molar-refractivity contribution in [3.8, 4) is 0 Å². The second kappa shape index (κ2) is 4.61. The van der Waals surface area contributed by atoms with Crippen LogP contribution >= 0.6 is 0 Å². The standard InChI is InChI=1S/C14H21N3O/c1-14(2,9-18)8-16(3)11-5-6-13-12(7-11)15-10-17(13)4/h5-7,10,18H,8-9H2,1-4H3. The second-order valence-corrected chi connectivity index (χ2v) is 5.71. The molecule has 0 saturated carbocycles. The highest BCUT2D eigenvalue weighted by atomic mass is 16.3. The molecule has 0 unspecified atom stereocenters. The van der Waals surface area contributed by atoms with E-state index in [-0.39, 0.29) is 12.0 Å². The number of aliphatic hydroxyl groups excluding tert-OH is 1. The minimum absolute atomic E-state index is 0.103. The van der Waals surface area contributed by atoms with Crippen LogP contribution in [0.4, 0.5) is 5.69 Å². The molecule has 1 heterocycles. The molecule has 0 radical (unpaired) electrons. The lowest BCUT2D eigenvalue weighted by Crippen LogP contribution is -2.33. The van der Waals surface area contributed by atoms with Gasteiger partial charge in [-0.1, -0.05) is 13.8 Å². The van der Waals surface area contributed by atoms with Crippen LogP contribution in [-0.4, -0.2) is 34.9 Å². The van der Waals surface area contributed by atoms with Crippen molar-refractivity contribution in [2.75, 3.05) is 25.1 Å². The molecular weight excluding hydrogens is 226 g/mol. The lowest BCUT2D eigenvalue weighted by Gasteiger charge is -2.29. The Hall–Kier alpha value is -1.55. The molecule has 1 aromatic carbocycles. The lowest BCUT2D eigenvalue weighted by atomic mass is 9.94. The number of aromatic nitrogens is 2. The molecule has 0 spiro atoms. The van der Waals surface area contributed by atoms with Gasteiger partial charge in [-0.05, 0) is 18.2 Å². The Balaban J connectivity index is 2.25. The summed E-state index contributed by atoms with van der Waals surface area (Å²) in [5, 5.41) is 9.32. The van der Waals surface area contributed by atoms with Crippen LogP contribution in [0.5, 0.6) is 0 Å². The van der Waals surface area contributed by atoms with E-state index in [4.69, 9.17) is 0 Å². The summed E-state index contributed by atoms with van der Waals surface area (Å²) in [4.78, 5) is 6.52. The summed E-state index contributed by atoms with van der Waals surface area (Å²) in [6.07, 6.45) is 1.83. The fraction of sp³-hybridized carbons (Fsp3) is 0.500. The van der Waals surface area contributed by atoms with Gasteiger partial charge in [0.25, 0.3) is 0 Å². The molecule has 0 aliphatic heterocycles. The Morgan fingerprint density at radius 2 is 2.11 bits per heavy atom. The SMILES string of the molecule is CN(CC(C)(C)CO)c1ccc2c(c1)ncn2C. The first kappa shape index (κ1) is 12.9. The van der Waals surface area contributed by atoms with Crippen LogP contribution in [0.2, 0.25) is 0 Å². The van der Waals surface area contributed by atoms with E-state index in [1.807, 2.05) is 25.0 Å². The van der Waals surface area contributed by atoms with Crippen molar-refractivity contribution < 1.29 is 5.11 Å². The maximum absolute atomic E-state index is 9.32. The van der Waals surface area contributed by atoms with Gasteiger partial charge in [-0.2, -0.15) is 0 Å². The van der Waals surface area contributed by atoms with Crippen LogP contribution in [0.1, 0.15) is 13.8 Å². The van der Waals surface area contributed by atoms with Crippen LogP contribution in [0.3, 0.4) is 0 Å². The zero-order valence-electron chi connectivity index (χ0n) is 11.5. The number of imidazole rings is 1. The maximum atomic E-state index is 9.32. The molecule has 4 heteroatoms. The van der Waals surface area contributed by atoms with E-state index in [0.29, 0.717) is 0 Å². The van der Waals surface area contributed by atoms with E-state index in [0.717, 1.165) is 23.3 Å². The lowest BCUT2D eigenvalue weighted by molar-refractivity contribution is 0.165. The first-order valence-corrected chi connectivity index (χ1v) is 6.16. The maximum Gasteiger partial charge on any atom is 0.0955 e. The van der Waals surface area contributed by atoms with Crippen molar-refractivity contribution in [1.29, 1.82) is 0 Å². The average Bonchev–Trinajstić information content (AvgIpc) is 2.70. The quantitative estimate of drug-likeness (QED) is 0.898. The summed E-state index contributed by atoms with van der Waals surface area (Å²) >= 11 is 0. The van der Waals surface area contributed by atoms with E-state index in [2.05, 4.69) is 41.9 Å². The molecule has 0 aliphatic carbocycles. The Morgan fingerprint density at radius 1 is 1.39 bits per heavy atom. The van der Waals surface area contributed by atoms with Gasteiger partial charge in [0.15, 0.2) is 0 Å². The molecule has 0 aliphatic rings. The number of aryl methyl sites for hydroxylation is 1. The van der Waals surface area contributed by atoms with Crippen LogP contribution < -0.4 is 4.90 Å². The largest absolute Gasteiger partial charge is 0.396 e. The number of nitrogens with zero attached hydrogens (tertiary/aromatic N) is 3. The number of hydrogen-bond donors (Lipinski definition) is 1. The van der Waals surface area contributed by atoms with Crippen molar-refractivity contribution in [2.24, 2.45) is 12.5 Å². The van der Waals surface area contributed by atoms with Gasteiger partial charge in [-0.15, -0.1) is 0 Å². The predicted octanol–water partition coefficient (Wildman–Crippen LogP) is 2.03. The third-order valence-electron chi connectivity index (χ3n) is 3.24. The van der Waals surface area contributed by atoms with Crippen LogP contribution in [0.15, 0.2) is 24.5 Å². The van der Waals surface area contributed by atoms with Gasteiger partial charge in [0.1, 0.15) is 0 Å². The molecule has 0 amide bonds. The van der Waals surface area contributed by atoms with E-state index in [1.165, 1.54) is 0 Å². The highest BCUT2D eigenvalue weighted by molar-refractivity contribution is 5.79. The Kier molecular flexibility index (Phi) is 3.30. The van der Waals surface area contributed by atoms with Gasteiger partial charge in [0.05, 0.1) is 17.4 Å². The fourth-order valence-electron chi connectivity index (χ4n) is 2.15. The Bertz CT molecular complexity index is 545. The summed E-state index contributed by atoms with van der Waals surface area (Å²) in [7, 11) is 4.04. The first-order valence-electron chi connectivity index (χ1n) is 6.16. The molecule has 98 valence electrons. The highest BCUT2D eigenvalue weighted by Gasteiger charge is 2.19. The van der Waals surface area contributed by atoms with Crippen molar-refractivity contribution in [1.82, 2.24) is 9.55 Å². The minimum atomic E-state index is -0.103. The van der Waals surface area contributed by atoms with E-state index >= 15 is 0 Å². The zero-order chi connectivity index (χ0) is 13.3. The summed E-state index contributed by atoms with van der Waals surface area (Å²) in [6, 6.07) is 6.26. The summed E-state index contributed by atoms with van der Waals surface area (Å²) in [5.41, 5.74) is 3.16. The minimum Gasteiger partial charge on any atom is -0.396 e. The van der Waals surface area contributed by atoms with Crippen LogP contribution in [0.25, 0.3) is 11.0 Å². The van der Waals surface area contributed by atoms with Gasteiger partial charge >= 0.3 is 0 Å². The summed E-state index contributed by atoms with van der Waals surface area (Å²) < 4.78 is 2.01. The number of aliphatic hydroxyl groups is 1. The van der Waals surface area contributed by atoms with Crippen molar-refractivity contribution in [3.05, 3.63) is 24.5 Å². The molecule has 0 bridgehead atoms. The number of hydrogen-bond acceptors (Lipinski definition) is 3. The van der Waals surface area contributed by atoms with Gasteiger partial charge in [0.2, 0.25) is 0 Å². The number of fused-ring (bicyclic) bond motifs is 1. The molecule has 0 atom stereocenters. The topological polar surface area (TPSA) is 41.3 Å². The number of benzene rings is 1. The predicted molar refractivity (Wildman–Crippen MR) is 74.9 cm³/mol. The molecular formula is C14H21N3O. The normalized spacial score (nSPS) is 12.1. The molecule has 4 nitrogen and oxygen atoms in total. The van der Waals surface area contributed by atoms with E-state index in [1.54, 1.807) is 0 Å². The molecule has 1 N–H and O–H groups in total. The summed E-state index contributed by atoms with van der Waals surface area (Å²) in [5.74, 6) is 0. The van der Waals surface area contributed by atoms with Crippen molar-refractivity contribution in [3.63, 3.8) is 0 Å². The van der Waals surface area contributed by atoms with Gasteiger partial charge < -0.3 is 14.6 Å². The third kappa shape index (κ3) is 2.48. The monoisotopic (exact) mass is 247 g/mol.